The molecule has 0 spiro atoms. The largest absolute Gasteiger partial charge is 0.338 e. The predicted octanol–water partition coefficient (Wildman–Crippen LogP) is 2.79. The summed E-state index contributed by atoms with van der Waals surface area (Å²) in [4.78, 5) is 25.1. The first-order chi connectivity index (χ1) is 13.6. The fraction of sp³-hybridized carbons (Fsp3) is 0.421. The Labute approximate surface area is 175 Å². The average molecular weight is 423 g/mol. The summed E-state index contributed by atoms with van der Waals surface area (Å²) in [7, 11) is 0. The van der Waals surface area contributed by atoms with Crippen molar-refractivity contribution in [1.29, 1.82) is 0 Å². The molecule has 28 heavy (non-hydrogen) atoms. The molecule has 7 nitrogen and oxygen atoms in total. The number of halogens is 2. The van der Waals surface area contributed by atoms with Crippen LogP contribution in [-0.4, -0.2) is 60.2 Å². The number of urea groups is 1. The van der Waals surface area contributed by atoms with Crippen LogP contribution in [0.1, 0.15) is 12.0 Å². The van der Waals surface area contributed by atoms with Gasteiger partial charge in [-0.15, -0.1) is 0 Å². The van der Waals surface area contributed by atoms with Crippen molar-refractivity contribution in [2.24, 2.45) is 0 Å². The first kappa shape index (κ1) is 20.6. The van der Waals surface area contributed by atoms with E-state index in [9.17, 15) is 4.79 Å². The van der Waals surface area contributed by atoms with Crippen LogP contribution in [0.15, 0.2) is 36.7 Å². The SMILES string of the molecule is O=C(NCCCN1CCN(c2ncccn2)CC1)NCc1ccc(Cl)cc1Cl. The summed E-state index contributed by atoms with van der Waals surface area (Å²) in [6.07, 6.45) is 4.44. The van der Waals surface area contributed by atoms with Gasteiger partial charge in [0.25, 0.3) is 0 Å². The minimum Gasteiger partial charge on any atom is -0.338 e. The highest BCUT2D eigenvalue weighted by molar-refractivity contribution is 6.35. The van der Waals surface area contributed by atoms with E-state index in [0.29, 0.717) is 23.1 Å². The highest BCUT2D eigenvalue weighted by atomic mass is 35.5. The van der Waals surface area contributed by atoms with Gasteiger partial charge in [0.1, 0.15) is 0 Å². The van der Waals surface area contributed by atoms with Crippen LogP contribution in [0.25, 0.3) is 0 Å². The van der Waals surface area contributed by atoms with Crippen LogP contribution in [0.3, 0.4) is 0 Å². The third kappa shape index (κ3) is 6.22. The van der Waals surface area contributed by atoms with Gasteiger partial charge in [-0.3, -0.25) is 4.90 Å². The minimum absolute atomic E-state index is 0.197. The lowest BCUT2D eigenvalue weighted by Gasteiger charge is -2.34. The highest BCUT2D eigenvalue weighted by Gasteiger charge is 2.18. The molecule has 9 heteroatoms. The van der Waals surface area contributed by atoms with Crippen LogP contribution in [0, 0.1) is 0 Å². The second-order valence-electron chi connectivity index (χ2n) is 6.58. The third-order valence-corrected chi connectivity index (χ3v) is 5.19. The molecule has 2 aromatic rings. The van der Waals surface area contributed by atoms with E-state index in [0.717, 1.165) is 50.7 Å². The summed E-state index contributed by atoms with van der Waals surface area (Å²) in [6.45, 7) is 5.72. The van der Waals surface area contributed by atoms with Crippen LogP contribution < -0.4 is 15.5 Å². The van der Waals surface area contributed by atoms with Gasteiger partial charge in [0.05, 0.1) is 0 Å². The average Bonchev–Trinajstić information content (AvgIpc) is 2.72. The number of nitrogens with zero attached hydrogens (tertiary/aromatic N) is 4. The number of aromatic nitrogens is 2. The van der Waals surface area contributed by atoms with Crippen LogP contribution in [0.2, 0.25) is 10.0 Å². The van der Waals surface area contributed by atoms with Crippen molar-refractivity contribution in [2.75, 3.05) is 44.2 Å². The van der Waals surface area contributed by atoms with Gasteiger partial charge in [0, 0.05) is 61.7 Å². The van der Waals surface area contributed by atoms with E-state index in [4.69, 9.17) is 23.2 Å². The lowest BCUT2D eigenvalue weighted by Crippen LogP contribution is -2.47. The Kier molecular flexibility index (Phi) is 7.71. The number of carbonyl (C=O) groups excluding carboxylic acids is 1. The van der Waals surface area contributed by atoms with Gasteiger partial charge in [0.15, 0.2) is 0 Å². The van der Waals surface area contributed by atoms with E-state index in [1.807, 2.05) is 12.1 Å². The van der Waals surface area contributed by atoms with Crippen molar-refractivity contribution in [3.8, 4) is 0 Å². The molecule has 2 N–H and O–H groups in total. The van der Waals surface area contributed by atoms with Gasteiger partial charge >= 0.3 is 6.03 Å². The van der Waals surface area contributed by atoms with E-state index >= 15 is 0 Å². The van der Waals surface area contributed by atoms with Gasteiger partial charge in [-0.1, -0.05) is 29.3 Å². The second kappa shape index (κ2) is 10.5. The van der Waals surface area contributed by atoms with E-state index in [1.165, 1.54) is 0 Å². The van der Waals surface area contributed by atoms with Gasteiger partial charge in [-0.2, -0.15) is 0 Å². The molecule has 1 aliphatic heterocycles. The van der Waals surface area contributed by atoms with Crippen molar-refractivity contribution in [2.45, 2.75) is 13.0 Å². The molecule has 0 aliphatic carbocycles. The molecule has 1 aliphatic rings. The number of carbonyl (C=O) groups is 1. The van der Waals surface area contributed by atoms with Crippen molar-refractivity contribution >= 4 is 35.2 Å². The summed E-state index contributed by atoms with van der Waals surface area (Å²) in [5.41, 5.74) is 0.835. The summed E-state index contributed by atoms with van der Waals surface area (Å²) in [5.74, 6) is 0.793. The Balaban J connectivity index is 1.28. The molecular formula is C19H24Cl2N6O. The number of hydrogen-bond donors (Lipinski definition) is 2. The molecule has 0 atom stereocenters. The zero-order valence-electron chi connectivity index (χ0n) is 15.6. The Hall–Kier alpha value is -2.09. The van der Waals surface area contributed by atoms with E-state index in [-0.39, 0.29) is 6.03 Å². The number of benzene rings is 1. The first-order valence-corrected chi connectivity index (χ1v) is 10.1. The zero-order chi connectivity index (χ0) is 19.8. The molecule has 2 amide bonds. The maximum absolute atomic E-state index is 11.9. The Morgan fingerprint density at radius 1 is 1.07 bits per heavy atom. The molecule has 2 heterocycles. The van der Waals surface area contributed by atoms with Crippen molar-refractivity contribution in [3.05, 3.63) is 52.3 Å². The van der Waals surface area contributed by atoms with Gasteiger partial charge in [-0.25, -0.2) is 14.8 Å². The Bertz CT molecular complexity index is 768. The summed E-state index contributed by atoms with van der Waals surface area (Å²) >= 11 is 12.0. The van der Waals surface area contributed by atoms with Crippen molar-refractivity contribution in [1.82, 2.24) is 25.5 Å². The van der Waals surface area contributed by atoms with Gasteiger partial charge in [0.2, 0.25) is 5.95 Å². The maximum Gasteiger partial charge on any atom is 0.315 e. The van der Waals surface area contributed by atoms with Gasteiger partial charge in [-0.05, 0) is 36.7 Å². The number of piperazine rings is 1. The standard InChI is InChI=1S/C19H24Cl2N6O/c20-16-4-3-15(17(21)13-16)14-25-19(28)24-7-2-8-26-9-11-27(12-10-26)18-22-5-1-6-23-18/h1,3-6,13H,2,7-12,14H2,(H2,24,25,28). The monoisotopic (exact) mass is 422 g/mol. The topological polar surface area (TPSA) is 73.4 Å². The van der Waals surface area contributed by atoms with Crippen LogP contribution in [-0.2, 0) is 6.54 Å². The molecule has 0 saturated carbocycles. The smallest absolute Gasteiger partial charge is 0.315 e. The molecular weight excluding hydrogens is 399 g/mol. The zero-order valence-corrected chi connectivity index (χ0v) is 17.1. The number of amides is 2. The van der Waals surface area contributed by atoms with Crippen LogP contribution in [0.5, 0.6) is 0 Å². The maximum atomic E-state index is 11.9. The number of nitrogens with one attached hydrogen (secondary N) is 2. The molecule has 1 saturated heterocycles. The van der Waals surface area contributed by atoms with Crippen LogP contribution in [0.4, 0.5) is 10.7 Å². The lowest BCUT2D eigenvalue weighted by atomic mass is 10.2. The molecule has 1 aromatic heterocycles. The summed E-state index contributed by atoms with van der Waals surface area (Å²) in [5, 5.41) is 6.82. The lowest BCUT2D eigenvalue weighted by molar-refractivity contribution is 0.235. The quantitative estimate of drug-likeness (QED) is 0.671. The minimum atomic E-state index is -0.197. The second-order valence-corrected chi connectivity index (χ2v) is 7.42. The fourth-order valence-corrected chi connectivity index (χ4v) is 3.51. The summed E-state index contributed by atoms with van der Waals surface area (Å²) in [6, 6.07) is 6.86. The van der Waals surface area contributed by atoms with E-state index in [1.54, 1.807) is 24.5 Å². The van der Waals surface area contributed by atoms with Gasteiger partial charge < -0.3 is 15.5 Å². The molecule has 0 unspecified atom stereocenters. The van der Waals surface area contributed by atoms with E-state index < -0.39 is 0 Å². The third-order valence-electron chi connectivity index (χ3n) is 4.60. The molecule has 1 fully saturated rings. The molecule has 1 aromatic carbocycles. The number of anilines is 1. The Morgan fingerprint density at radius 2 is 1.82 bits per heavy atom. The summed E-state index contributed by atoms with van der Waals surface area (Å²) < 4.78 is 0. The van der Waals surface area contributed by atoms with Crippen molar-refractivity contribution < 1.29 is 4.79 Å². The normalized spacial score (nSPS) is 14.7. The Morgan fingerprint density at radius 3 is 2.54 bits per heavy atom. The molecule has 150 valence electrons. The predicted molar refractivity (Wildman–Crippen MR) is 112 cm³/mol. The number of hydrogen-bond acceptors (Lipinski definition) is 5. The van der Waals surface area contributed by atoms with Crippen LogP contribution >= 0.6 is 23.2 Å². The number of rotatable bonds is 7. The van der Waals surface area contributed by atoms with E-state index in [2.05, 4.69) is 30.4 Å². The molecule has 3 rings (SSSR count). The van der Waals surface area contributed by atoms with Crippen molar-refractivity contribution in [3.63, 3.8) is 0 Å². The molecule has 0 radical (unpaired) electrons. The fourth-order valence-electron chi connectivity index (χ4n) is 3.03. The molecule has 0 bridgehead atoms. The first-order valence-electron chi connectivity index (χ1n) is 9.32. The highest BCUT2D eigenvalue weighted by Crippen LogP contribution is 2.20.